The molecule has 0 N–H and O–H groups in total. The highest BCUT2D eigenvalue weighted by atomic mass is 14.2. The van der Waals surface area contributed by atoms with Gasteiger partial charge in [0.05, 0.1) is 0 Å². The van der Waals surface area contributed by atoms with E-state index in [1.54, 1.807) is 22.3 Å². The van der Waals surface area contributed by atoms with Gasteiger partial charge in [0.2, 0.25) is 0 Å². The first-order chi connectivity index (χ1) is 10.8. The van der Waals surface area contributed by atoms with Crippen LogP contribution in [-0.2, 0) is 19.3 Å². The number of aryl methyl sites for hydroxylation is 3. The van der Waals surface area contributed by atoms with Crippen LogP contribution in [-0.4, -0.2) is 0 Å². The van der Waals surface area contributed by atoms with Gasteiger partial charge in [0, 0.05) is 0 Å². The number of fused-ring (bicyclic) bond motifs is 2. The normalized spacial score (nSPS) is 19.5. The Morgan fingerprint density at radius 3 is 2.32 bits per heavy atom. The van der Waals surface area contributed by atoms with Crippen molar-refractivity contribution in [3.63, 3.8) is 0 Å². The van der Waals surface area contributed by atoms with Gasteiger partial charge >= 0.3 is 0 Å². The van der Waals surface area contributed by atoms with E-state index in [4.69, 9.17) is 0 Å². The summed E-state index contributed by atoms with van der Waals surface area (Å²) in [7, 11) is 0. The largest absolute Gasteiger partial charge is 0.0620 e. The fourth-order valence-corrected chi connectivity index (χ4v) is 3.97. The van der Waals surface area contributed by atoms with Gasteiger partial charge < -0.3 is 0 Å². The summed E-state index contributed by atoms with van der Waals surface area (Å²) >= 11 is 0. The molecule has 2 aliphatic rings. The molecule has 116 valence electrons. The second-order valence-electron chi connectivity index (χ2n) is 6.91. The molecule has 0 heteroatoms. The summed E-state index contributed by atoms with van der Waals surface area (Å²) in [5, 5.41) is 0. The van der Waals surface area contributed by atoms with E-state index in [1.807, 2.05) is 0 Å². The van der Waals surface area contributed by atoms with Gasteiger partial charge in [-0.25, -0.2) is 0 Å². The van der Waals surface area contributed by atoms with Gasteiger partial charge in [-0.3, -0.25) is 0 Å². The molecule has 4 rings (SSSR count). The van der Waals surface area contributed by atoms with Crippen LogP contribution in [0.15, 0.2) is 42.5 Å². The molecule has 0 saturated heterocycles. The van der Waals surface area contributed by atoms with Crippen LogP contribution in [0.2, 0.25) is 0 Å². The van der Waals surface area contributed by atoms with Crippen molar-refractivity contribution in [3.8, 4) is 0 Å². The third kappa shape index (κ3) is 3.43. The first kappa shape index (κ1) is 15.3. The first-order valence-corrected chi connectivity index (χ1v) is 8.91. The Morgan fingerprint density at radius 2 is 1.50 bits per heavy atom. The molecule has 2 aromatic carbocycles. The summed E-state index contributed by atoms with van der Waals surface area (Å²) in [6.45, 7) is 4.56. The van der Waals surface area contributed by atoms with Gasteiger partial charge in [0.25, 0.3) is 0 Å². The van der Waals surface area contributed by atoms with Gasteiger partial charge in [0.1, 0.15) is 0 Å². The summed E-state index contributed by atoms with van der Waals surface area (Å²) < 4.78 is 0. The van der Waals surface area contributed by atoms with E-state index in [1.165, 1.54) is 50.5 Å². The van der Waals surface area contributed by atoms with Crippen molar-refractivity contribution in [1.82, 2.24) is 0 Å². The Balaban J connectivity index is 0.000000131. The second kappa shape index (κ2) is 7.13. The van der Waals surface area contributed by atoms with E-state index >= 15 is 0 Å². The van der Waals surface area contributed by atoms with E-state index < -0.39 is 0 Å². The van der Waals surface area contributed by atoms with Crippen LogP contribution in [0.4, 0.5) is 0 Å². The molecule has 22 heavy (non-hydrogen) atoms. The standard InChI is InChI=1S/2C11H14/c2*1-9-5-4-7-10-6-2-3-8-11(9)10/h4-5,7H,2-3,6,8H2,1H3;2-3,6,8-9H,4-5,7H2,1H3. The summed E-state index contributed by atoms with van der Waals surface area (Å²) in [4.78, 5) is 0. The van der Waals surface area contributed by atoms with Gasteiger partial charge in [-0.15, -0.1) is 0 Å². The van der Waals surface area contributed by atoms with Crippen molar-refractivity contribution in [3.05, 3.63) is 70.3 Å². The van der Waals surface area contributed by atoms with Crippen molar-refractivity contribution in [1.29, 1.82) is 0 Å². The quantitative estimate of drug-likeness (QED) is 0.558. The van der Waals surface area contributed by atoms with Crippen molar-refractivity contribution >= 4 is 0 Å². The van der Waals surface area contributed by atoms with E-state index in [0.717, 1.165) is 5.92 Å². The zero-order chi connectivity index (χ0) is 15.4. The van der Waals surface area contributed by atoms with Gasteiger partial charge in [-0.2, -0.15) is 0 Å². The molecule has 0 radical (unpaired) electrons. The fourth-order valence-electron chi connectivity index (χ4n) is 3.97. The van der Waals surface area contributed by atoms with E-state index in [9.17, 15) is 0 Å². The Bertz CT molecular complexity index is 624. The van der Waals surface area contributed by atoms with E-state index in [0.29, 0.717) is 0 Å². The number of hydrogen-bond donors (Lipinski definition) is 0. The second-order valence-corrected chi connectivity index (χ2v) is 6.91. The predicted octanol–water partition coefficient (Wildman–Crippen LogP) is 6.00. The SMILES string of the molecule is CC1CCCc2ccccc21.Cc1cccc2c1CCCC2. The summed E-state index contributed by atoms with van der Waals surface area (Å²) in [6.07, 6.45) is 9.42. The fraction of sp³-hybridized carbons (Fsp3) is 0.455. The molecule has 1 atom stereocenters. The van der Waals surface area contributed by atoms with Crippen LogP contribution in [0.3, 0.4) is 0 Å². The van der Waals surface area contributed by atoms with Crippen LogP contribution in [0, 0.1) is 6.92 Å². The van der Waals surface area contributed by atoms with Crippen LogP contribution < -0.4 is 0 Å². The van der Waals surface area contributed by atoms with Gasteiger partial charge in [0.15, 0.2) is 0 Å². The summed E-state index contributed by atoms with van der Waals surface area (Å²) in [6, 6.07) is 15.5. The average Bonchev–Trinajstić information content (AvgIpc) is 2.57. The highest BCUT2D eigenvalue weighted by Crippen LogP contribution is 2.30. The van der Waals surface area contributed by atoms with Gasteiger partial charge in [-0.05, 0) is 85.6 Å². The monoisotopic (exact) mass is 292 g/mol. The minimum Gasteiger partial charge on any atom is -0.0620 e. The molecule has 0 heterocycles. The molecule has 0 aliphatic heterocycles. The third-order valence-corrected chi connectivity index (χ3v) is 5.30. The minimum absolute atomic E-state index is 0.792. The maximum Gasteiger partial charge on any atom is -0.0188 e. The Kier molecular flexibility index (Phi) is 4.97. The molecule has 0 bridgehead atoms. The lowest BCUT2D eigenvalue weighted by atomic mass is 9.84. The molecule has 2 aliphatic carbocycles. The van der Waals surface area contributed by atoms with Crippen LogP contribution >= 0.6 is 0 Å². The van der Waals surface area contributed by atoms with Crippen molar-refractivity contribution in [2.75, 3.05) is 0 Å². The molecule has 0 nitrogen and oxygen atoms in total. The van der Waals surface area contributed by atoms with Crippen LogP contribution in [0.1, 0.15) is 66.3 Å². The topological polar surface area (TPSA) is 0 Å². The zero-order valence-electron chi connectivity index (χ0n) is 14.1. The molecule has 0 spiro atoms. The Hall–Kier alpha value is -1.56. The molecule has 1 unspecified atom stereocenters. The maximum atomic E-state index is 2.33. The van der Waals surface area contributed by atoms with Crippen LogP contribution in [0.25, 0.3) is 0 Å². The number of hydrogen-bond acceptors (Lipinski definition) is 0. The molecular formula is C22H28. The maximum absolute atomic E-state index is 2.33. The lowest BCUT2D eigenvalue weighted by Gasteiger charge is -2.21. The molecule has 0 saturated carbocycles. The average molecular weight is 292 g/mol. The molecule has 2 aromatic rings. The number of rotatable bonds is 0. The molecule has 0 fully saturated rings. The smallest absolute Gasteiger partial charge is 0.0188 e. The summed E-state index contributed by atoms with van der Waals surface area (Å²) in [5.41, 5.74) is 7.86. The summed E-state index contributed by atoms with van der Waals surface area (Å²) in [5.74, 6) is 0.792. The van der Waals surface area contributed by atoms with E-state index in [-0.39, 0.29) is 0 Å². The first-order valence-electron chi connectivity index (χ1n) is 8.91. The highest BCUT2D eigenvalue weighted by Gasteiger charge is 2.14. The zero-order valence-corrected chi connectivity index (χ0v) is 14.1. The van der Waals surface area contributed by atoms with Crippen LogP contribution in [0.5, 0.6) is 0 Å². The minimum atomic E-state index is 0.792. The Morgan fingerprint density at radius 1 is 0.773 bits per heavy atom. The third-order valence-electron chi connectivity index (χ3n) is 5.30. The molecule has 0 amide bonds. The molecule has 0 aromatic heterocycles. The highest BCUT2D eigenvalue weighted by molar-refractivity contribution is 5.36. The lowest BCUT2D eigenvalue weighted by molar-refractivity contribution is 0.590. The van der Waals surface area contributed by atoms with Crippen molar-refractivity contribution < 1.29 is 0 Å². The predicted molar refractivity (Wildman–Crippen MR) is 95.6 cm³/mol. The van der Waals surface area contributed by atoms with Gasteiger partial charge in [-0.1, -0.05) is 49.4 Å². The number of benzene rings is 2. The Labute approximate surface area is 135 Å². The molecular weight excluding hydrogens is 264 g/mol. The van der Waals surface area contributed by atoms with Crippen molar-refractivity contribution in [2.24, 2.45) is 0 Å². The lowest BCUT2D eigenvalue weighted by Crippen LogP contribution is -2.05. The van der Waals surface area contributed by atoms with Crippen molar-refractivity contribution in [2.45, 2.75) is 64.7 Å². The van der Waals surface area contributed by atoms with E-state index in [2.05, 4.69) is 56.3 Å².